The van der Waals surface area contributed by atoms with E-state index in [9.17, 15) is 22.0 Å². The molecular weight excluding hydrogens is 418 g/mol. The highest BCUT2D eigenvalue weighted by Gasteiger charge is 2.21. The highest BCUT2D eigenvalue weighted by Crippen LogP contribution is 2.29. The van der Waals surface area contributed by atoms with Crippen LogP contribution in [-0.2, 0) is 16.6 Å². The molecule has 0 unspecified atom stereocenters. The van der Waals surface area contributed by atoms with E-state index in [0.29, 0.717) is 18.7 Å². The van der Waals surface area contributed by atoms with E-state index in [1.165, 1.54) is 41.7 Å². The van der Waals surface area contributed by atoms with Crippen LogP contribution < -0.4 is 14.8 Å². The number of carbonyl (C=O) groups is 1. The van der Waals surface area contributed by atoms with Crippen molar-refractivity contribution in [1.29, 1.82) is 0 Å². The average molecular weight is 442 g/mol. The maximum atomic E-state index is 12.5. The van der Waals surface area contributed by atoms with E-state index in [0.717, 1.165) is 0 Å². The average Bonchev–Trinajstić information content (AvgIpc) is 2.72. The Labute approximate surface area is 174 Å². The Morgan fingerprint density at radius 3 is 2.23 bits per heavy atom. The van der Waals surface area contributed by atoms with Gasteiger partial charge in [-0.15, -0.1) is 0 Å². The Morgan fingerprint density at radius 1 is 1.07 bits per heavy atom. The number of hydrogen-bond donors (Lipinski definition) is 1. The van der Waals surface area contributed by atoms with Crippen LogP contribution in [0.5, 0.6) is 11.5 Å². The van der Waals surface area contributed by atoms with Gasteiger partial charge in [-0.1, -0.05) is 26.0 Å². The smallest absolute Gasteiger partial charge is 0.387 e. The maximum absolute atomic E-state index is 12.5. The minimum atomic E-state index is -3.55. The summed E-state index contributed by atoms with van der Waals surface area (Å²) in [5, 5.41) is 2.65. The molecule has 0 saturated carbocycles. The number of alkyl halides is 2. The minimum Gasteiger partial charge on any atom is -0.493 e. The van der Waals surface area contributed by atoms with Gasteiger partial charge in [0.2, 0.25) is 10.0 Å². The lowest BCUT2D eigenvalue weighted by Gasteiger charge is -2.18. The summed E-state index contributed by atoms with van der Waals surface area (Å²) in [6.07, 6.45) is 0. The van der Waals surface area contributed by atoms with Gasteiger partial charge in [0.15, 0.2) is 11.5 Å². The lowest BCUT2D eigenvalue weighted by Crippen LogP contribution is -2.30. The fourth-order valence-electron chi connectivity index (χ4n) is 2.78. The topological polar surface area (TPSA) is 84.9 Å². The molecule has 0 atom stereocenters. The third kappa shape index (κ3) is 5.67. The molecule has 0 spiro atoms. The predicted octanol–water partition coefficient (Wildman–Crippen LogP) is 3.26. The summed E-state index contributed by atoms with van der Waals surface area (Å²) >= 11 is 0. The molecule has 0 saturated heterocycles. The number of nitrogens with zero attached hydrogens (tertiary/aromatic N) is 1. The number of sulfonamides is 1. The van der Waals surface area contributed by atoms with Crippen LogP contribution in [-0.4, -0.2) is 45.4 Å². The molecule has 2 aromatic carbocycles. The van der Waals surface area contributed by atoms with Gasteiger partial charge in [0, 0.05) is 25.2 Å². The van der Waals surface area contributed by atoms with Crippen LogP contribution in [0.4, 0.5) is 8.78 Å². The van der Waals surface area contributed by atoms with E-state index in [-0.39, 0.29) is 28.5 Å². The van der Waals surface area contributed by atoms with E-state index in [2.05, 4.69) is 10.1 Å². The van der Waals surface area contributed by atoms with Crippen LogP contribution >= 0.6 is 0 Å². The third-order valence-corrected chi connectivity index (χ3v) is 6.43. The molecule has 0 aromatic heterocycles. The second-order valence-corrected chi connectivity index (χ2v) is 8.10. The first-order valence-electron chi connectivity index (χ1n) is 9.23. The number of nitrogens with one attached hydrogen (secondary N) is 1. The van der Waals surface area contributed by atoms with Crippen LogP contribution in [0.15, 0.2) is 47.4 Å². The molecule has 0 aliphatic rings. The van der Waals surface area contributed by atoms with Crippen LogP contribution in [0.1, 0.15) is 29.8 Å². The van der Waals surface area contributed by atoms with Gasteiger partial charge in [-0.05, 0) is 35.9 Å². The fraction of sp³-hybridized carbons (Fsp3) is 0.350. The van der Waals surface area contributed by atoms with Crippen LogP contribution in [0.25, 0.3) is 0 Å². The van der Waals surface area contributed by atoms with Gasteiger partial charge in [-0.2, -0.15) is 13.1 Å². The molecule has 7 nitrogen and oxygen atoms in total. The Balaban J connectivity index is 2.08. The summed E-state index contributed by atoms with van der Waals surface area (Å²) < 4.78 is 60.7. The summed E-state index contributed by atoms with van der Waals surface area (Å²) in [5.74, 6) is -0.667. The quantitative estimate of drug-likeness (QED) is 0.611. The van der Waals surface area contributed by atoms with E-state index >= 15 is 0 Å². The predicted molar refractivity (Wildman–Crippen MR) is 107 cm³/mol. The molecule has 0 bridgehead atoms. The van der Waals surface area contributed by atoms with Gasteiger partial charge in [0.25, 0.3) is 5.91 Å². The second-order valence-electron chi connectivity index (χ2n) is 6.16. The van der Waals surface area contributed by atoms with Crippen molar-refractivity contribution in [3.8, 4) is 11.5 Å². The number of ether oxygens (including phenoxy) is 2. The van der Waals surface area contributed by atoms with Crippen molar-refractivity contribution in [2.45, 2.75) is 31.9 Å². The van der Waals surface area contributed by atoms with E-state index in [1.807, 2.05) is 0 Å². The van der Waals surface area contributed by atoms with Gasteiger partial charge in [-0.3, -0.25) is 4.79 Å². The molecule has 10 heteroatoms. The van der Waals surface area contributed by atoms with Crippen LogP contribution in [0.3, 0.4) is 0 Å². The number of methoxy groups -OCH3 is 1. The van der Waals surface area contributed by atoms with Crippen molar-refractivity contribution in [2.24, 2.45) is 0 Å². The van der Waals surface area contributed by atoms with Gasteiger partial charge in [-0.25, -0.2) is 8.42 Å². The highest BCUT2D eigenvalue weighted by molar-refractivity contribution is 7.89. The Hall–Kier alpha value is -2.72. The first-order chi connectivity index (χ1) is 14.2. The number of rotatable bonds is 10. The first-order valence-corrected chi connectivity index (χ1v) is 10.7. The van der Waals surface area contributed by atoms with Crippen molar-refractivity contribution < 1.29 is 31.5 Å². The van der Waals surface area contributed by atoms with Crippen molar-refractivity contribution >= 4 is 15.9 Å². The molecule has 0 aliphatic heterocycles. The van der Waals surface area contributed by atoms with E-state index < -0.39 is 22.5 Å². The lowest BCUT2D eigenvalue weighted by atomic mass is 10.1. The largest absolute Gasteiger partial charge is 0.493 e. The Morgan fingerprint density at radius 2 is 1.70 bits per heavy atom. The van der Waals surface area contributed by atoms with Crippen LogP contribution in [0.2, 0.25) is 0 Å². The summed E-state index contributed by atoms with van der Waals surface area (Å²) in [4.78, 5) is 12.5. The molecule has 30 heavy (non-hydrogen) atoms. The standard InChI is InChI=1S/C20H24F2N2O5S/c1-4-24(5-2)30(26,27)16-9-6-14(7-10-16)13-23-19(25)15-8-11-17(28-3)18(12-15)29-20(21)22/h6-12,20H,4-5,13H2,1-3H3,(H,23,25). The summed E-state index contributed by atoms with van der Waals surface area (Å²) in [6, 6.07) is 10.1. The number of amides is 1. The summed E-state index contributed by atoms with van der Waals surface area (Å²) in [6.45, 7) is 1.35. The van der Waals surface area contributed by atoms with Gasteiger partial charge in [0.05, 0.1) is 12.0 Å². The monoisotopic (exact) mass is 442 g/mol. The molecule has 164 valence electrons. The zero-order valence-electron chi connectivity index (χ0n) is 16.9. The Bertz CT molecular complexity index is 962. The van der Waals surface area contributed by atoms with Gasteiger partial charge in [0.1, 0.15) is 0 Å². The molecule has 2 rings (SSSR count). The fourth-order valence-corrected chi connectivity index (χ4v) is 4.24. The zero-order chi connectivity index (χ0) is 22.3. The van der Waals surface area contributed by atoms with E-state index in [4.69, 9.17) is 4.74 Å². The molecule has 0 aliphatic carbocycles. The van der Waals surface area contributed by atoms with Crippen molar-refractivity contribution in [3.05, 3.63) is 53.6 Å². The lowest BCUT2D eigenvalue weighted by molar-refractivity contribution is -0.0512. The molecular formula is C20H24F2N2O5S. The molecule has 0 radical (unpaired) electrons. The number of carbonyl (C=O) groups excluding carboxylic acids is 1. The SMILES string of the molecule is CCN(CC)S(=O)(=O)c1ccc(CNC(=O)c2ccc(OC)c(OC(F)F)c2)cc1. The van der Waals surface area contributed by atoms with E-state index in [1.54, 1.807) is 26.0 Å². The van der Waals surface area contributed by atoms with Crippen LogP contribution in [0, 0.1) is 0 Å². The van der Waals surface area contributed by atoms with Crippen molar-refractivity contribution in [3.63, 3.8) is 0 Å². The number of benzene rings is 2. The zero-order valence-corrected chi connectivity index (χ0v) is 17.7. The molecule has 0 heterocycles. The number of hydrogen-bond acceptors (Lipinski definition) is 5. The molecule has 1 amide bonds. The van der Waals surface area contributed by atoms with Crippen molar-refractivity contribution in [2.75, 3.05) is 20.2 Å². The van der Waals surface area contributed by atoms with Crippen molar-refractivity contribution in [1.82, 2.24) is 9.62 Å². The third-order valence-electron chi connectivity index (χ3n) is 4.36. The molecule has 0 fully saturated rings. The Kier molecular flexibility index (Phi) is 8.13. The number of halogens is 2. The van der Waals surface area contributed by atoms with Gasteiger partial charge >= 0.3 is 6.61 Å². The highest BCUT2D eigenvalue weighted by atomic mass is 32.2. The maximum Gasteiger partial charge on any atom is 0.387 e. The molecule has 2 aromatic rings. The molecule has 1 N–H and O–H groups in total. The summed E-state index contributed by atoms with van der Waals surface area (Å²) in [7, 11) is -2.25. The first kappa shape index (κ1) is 23.6. The van der Waals surface area contributed by atoms with Gasteiger partial charge < -0.3 is 14.8 Å². The second kappa shape index (κ2) is 10.4. The minimum absolute atomic E-state index is 0.0804. The normalized spacial score (nSPS) is 11.6. The summed E-state index contributed by atoms with van der Waals surface area (Å²) in [5.41, 5.74) is 0.798.